The average Bonchev–Trinajstić information content (AvgIpc) is 2.90. The van der Waals surface area contributed by atoms with Gasteiger partial charge in [-0.3, -0.25) is 20.4 Å². The van der Waals surface area contributed by atoms with Crippen LogP contribution in [-0.4, -0.2) is 11.8 Å². The molecule has 1 fully saturated rings. The lowest BCUT2D eigenvalue weighted by atomic mass is 9.89. The Morgan fingerprint density at radius 1 is 1.17 bits per heavy atom. The Hall–Kier alpha value is -2.37. The molecule has 3 rings (SSSR count). The smallest absolute Gasteiger partial charge is 0.305 e. The molecule has 2 N–H and O–H groups in total. The number of fused-ring (bicyclic) bond motifs is 1. The highest BCUT2D eigenvalue weighted by atomic mass is 19.1. The lowest BCUT2D eigenvalue weighted by Gasteiger charge is -2.20. The number of carbonyl (C=O) groups excluding carboxylic acids is 2. The Morgan fingerprint density at radius 2 is 1.91 bits per heavy atom. The molecule has 1 saturated carbocycles. The average molecular weight is 318 g/mol. The van der Waals surface area contributed by atoms with E-state index in [1.54, 1.807) is 6.92 Å². The topological polar surface area (TPSA) is 71.3 Å². The molecule has 0 bridgehead atoms. The SMILES string of the molecule is Cc1c(C(=O)NNC(=O)C2CCCCC2)oc2ccc(F)cc12. The summed E-state index contributed by atoms with van der Waals surface area (Å²) in [4.78, 5) is 24.2. The third-order valence-electron chi connectivity index (χ3n) is 4.38. The van der Waals surface area contributed by atoms with Gasteiger partial charge in [0.2, 0.25) is 5.91 Å². The first-order chi connectivity index (χ1) is 11.1. The van der Waals surface area contributed by atoms with Gasteiger partial charge in [0.15, 0.2) is 5.76 Å². The molecule has 1 aromatic carbocycles. The van der Waals surface area contributed by atoms with Gasteiger partial charge in [0.1, 0.15) is 11.4 Å². The summed E-state index contributed by atoms with van der Waals surface area (Å²) < 4.78 is 18.8. The predicted octanol–water partition coefficient (Wildman–Crippen LogP) is 3.22. The maximum atomic E-state index is 13.3. The first-order valence-electron chi connectivity index (χ1n) is 7.85. The van der Waals surface area contributed by atoms with Gasteiger partial charge in [0.05, 0.1) is 0 Å². The van der Waals surface area contributed by atoms with E-state index in [9.17, 15) is 14.0 Å². The molecule has 2 amide bonds. The number of halogens is 1. The van der Waals surface area contributed by atoms with Crippen molar-refractivity contribution in [3.05, 3.63) is 35.3 Å². The molecule has 1 aliphatic carbocycles. The minimum atomic E-state index is -0.539. The van der Waals surface area contributed by atoms with Gasteiger partial charge < -0.3 is 4.42 Å². The van der Waals surface area contributed by atoms with Crippen LogP contribution in [0.1, 0.15) is 48.2 Å². The second-order valence-corrected chi connectivity index (χ2v) is 5.97. The van der Waals surface area contributed by atoms with Gasteiger partial charge in [-0.15, -0.1) is 0 Å². The van der Waals surface area contributed by atoms with Crippen LogP contribution in [0.2, 0.25) is 0 Å². The zero-order valence-electron chi connectivity index (χ0n) is 12.9. The van der Waals surface area contributed by atoms with Crippen LogP contribution in [0.15, 0.2) is 22.6 Å². The molecule has 0 unspecified atom stereocenters. The molecule has 1 aliphatic rings. The zero-order chi connectivity index (χ0) is 16.4. The van der Waals surface area contributed by atoms with E-state index < -0.39 is 5.91 Å². The summed E-state index contributed by atoms with van der Waals surface area (Å²) in [6.07, 6.45) is 4.95. The van der Waals surface area contributed by atoms with Crippen molar-refractivity contribution < 1.29 is 18.4 Å². The van der Waals surface area contributed by atoms with E-state index >= 15 is 0 Å². The summed E-state index contributed by atoms with van der Waals surface area (Å²) in [7, 11) is 0. The molecular weight excluding hydrogens is 299 g/mol. The molecule has 0 radical (unpaired) electrons. The van der Waals surface area contributed by atoms with Crippen LogP contribution in [0.5, 0.6) is 0 Å². The second kappa shape index (κ2) is 6.40. The molecule has 1 aromatic heterocycles. The molecule has 23 heavy (non-hydrogen) atoms. The summed E-state index contributed by atoms with van der Waals surface area (Å²) in [5.41, 5.74) is 5.83. The summed E-state index contributed by atoms with van der Waals surface area (Å²) >= 11 is 0. The zero-order valence-corrected chi connectivity index (χ0v) is 12.9. The fourth-order valence-corrected chi connectivity index (χ4v) is 3.05. The van der Waals surface area contributed by atoms with Gasteiger partial charge >= 0.3 is 5.91 Å². The third-order valence-corrected chi connectivity index (χ3v) is 4.38. The number of aryl methyl sites for hydroxylation is 1. The number of hydrogen-bond donors (Lipinski definition) is 2. The van der Waals surface area contributed by atoms with E-state index in [1.165, 1.54) is 18.2 Å². The second-order valence-electron chi connectivity index (χ2n) is 5.97. The number of furan rings is 1. The van der Waals surface area contributed by atoms with E-state index in [0.29, 0.717) is 16.5 Å². The van der Waals surface area contributed by atoms with E-state index in [1.807, 2.05) is 0 Å². The highest BCUT2D eigenvalue weighted by molar-refractivity contribution is 5.99. The van der Waals surface area contributed by atoms with Gasteiger partial charge in [-0.05, 0) is 38.0 Å². The minimum Gasteiger partial charge on any atom is -0.451 e. The minimum absolute atomic E-state index is 0.0464. The number of nitrogens with one attached hydrogen (secondary N) is 2. The number of hydrazine groups is 1. The van der Waals surface area contributed by atoms with Crippen molar-refractivity contribution in [1.82, 2.24) is 10.9 Å². The van der Waals surface area contributed by atoms with Crippen molar-refractivity contribution >= 4 is 22.8 Å². The van der Waals surface area contributed by atoms with E-state index in [0.717, 1.165) is 32.1 Å². The van der Waals surface area contributed by atoms with Gasteiger partial charge in [0.25, 0.3) is 0 Å². The Kier molecular flexibility index (Phi) is 4.32. The van der Waals surface area contributed by atoms with Crippen molar-refractivity contribution in [3.63, 3.8) is 0 Å². The molecule has 6 heteroatoms. The van der Waals surface area contributed by atoms with Crippen molar-refractivity contribution in [2.45, 2.75) is 39.0 Å². The fourth-order valence-electron chi connectivity index (χ4n) is 3.05. The van der Waals surface area contributed by atoms with E-state index in [2.05, 4.69) is 10.9 Å². The van der Waals surface area contributed by atoms with Crippen LogP contribution in [0.4, 0.5) is 4.39 Å². The fraction of sp³-hybridized carbons (Fsp3) is 0.412. The maximum absolute atomic E-state index is 13.3. The van der Waals surface area contributed by atoms with Crippen LogP contribution in [0.25, 0.3) is 11.0 Å². The van der Waals surface area contributed by atoms with Crippen molar-refractivity contribution in [2.24, 2.45) is 5.92 Å². The van der Waals surface area contributed by atoms with Gasteiger partial charge in [-0.2, -0.15) is 0 Å². The predicted molar refractivity (Wildman–Crippen MR) is 83.1 cm³/mol. The molecule has 1 heterocycles. The molecule has 2 aromatic rings. The summed E-state index contributed by atoms with van der Waals surface area (Å²) in [5.74, 6) is -1.07. The number of hydrogen-bond acceptors (Lipinski definition) is 3. The Bertz CT molecular complexity index is 748. The monoisotopic (exact) mass is 318 g/mol. The van der Waals surface area contributed by atoms with Gasteiger partial charge in [-0.1, -0.05) is 19.3 Å². The number of benzene rings is 1. The van der Waals surface area contributed by atoms with Crippen LogP contribution < -0.4 is 10.9 Å². The maximum Gasteiger partial charge on any atom is 0.305 e. The third kappa shape index (κ3) is 3.21. The largest absolute Gasteiger partial charge is 0.451 e. The van der Waals surface area contributed by atoms with Crippen LogP contribution in [0.3, 0.4) is 0 Å². The molecule has 0 atom stereocenters. The number of amides is 2. The van der Waals surface area contributed by atoms with E-state index in [-0.39, 0.29) is 23.4 Å². The highest BCUT2D eigenvalue weighted by Gasteiger charge is 2.23. The Morgan fingerprint density at radius 3 is 2.65 bits per heavy atom. The quantitative estimate of drug-likeness (QED) is 0.835. The molecular formula is C17H19FN2O3. The molecule has 0 aliphatic heterocycles. The Labute approximate surface area is 133 Å². The van der Waals surface area contributed by atoms with E-state index in [4.69, 9.17) is 4.42 Å². The Balaban J connectivity index is 1.68. The van der Waals surface area contributed by atoms with Crippen molar-refractivity contribution in [3.8, 4) is 0 Å². The molecule has 122 valence electrons. The van der Waals surface area contributed by atoms with Gasteiger partial charge in [-0.25, -0.2) is 4.39 Å². The van der Waals surface area contributed by atoms with Crippen LogP contribution in [-0.2, 0) is 4.79 Å². The lowest BCUT2D eigenvalue weighted by molar-refractivity contribution is -0.126. The normalized spacial score (nSPS) is 15.6. The van der Waals surface area contributed by atoms with Crippen molar-refractivity contribution in [1.29, 1.82) is 0 Å². The van der Waals surface area contributed by atoms with Crippen LogP contribution >= 0.6 is 0 Å². The number of rotatable bonds is 2. The molecule has 5 nitrogen and oxygen atoms in total. The van der Waals surface area contributed by atoms with Crippen LogP contribution in [0, 0.1) is 18.7 Å². The summed E-state index contributed by atoms with van der Waals surface area (Å²) in [5, 5.41) is 0.550. The van der Waals surface area contributed by atoms with Gasteiger partial charge in [0, 0.05) is 16.9 Å². The highest BCUT2D eigenvalue weighted by Crippen LogP contribution is 2.26. The standard InChI is InChI=1S/C17H19FN2O3/c1-10-13-9-12(18)7-8-14(13)23-15(10)17(22)20-19-16(21)11-5-3-2-4-6-11/h7-9,11H,2-6H2,1H3,(H,19,21)(H,20,22). The number of carbonyl (C=O) groups is 2. The summed E-state index contributed by atoms with van der Waals surface area (Å²) in [6, 6.07) is 4.08. The van der Waals surface area contributed by atoms with Crippen molar-refractivity contribution in [2.75, 3.05) is 0 Å². The summed E-state index contributed by atoms with van der Waals surface area (Å²) in [6.45, 7) is 1.68. The first-order valence-corrected chi connectivity index (χ1v) is 7.85. The molecule has 0 saturated heterocycles. The lowest BCUT2D eigenvalue weighted by Crippen LogP contribution is -2.45. The first kappa shape index (κ1) is 15.5. The molecule has 0 spiro atoms.